The molecule has 1 aliphatic carbocycles. The maximum Gasteiger partial charge on any atom is 0.172 e. The van der Waals surface area contributed by atoms with Gasteiger partial charge in [-0.05, 0) is 41.0 Å². The Bertz CT molecular complexity index is 895. The van der Waals surface area contributed by atoms with Crippen LogP contribution in [-0.2, 0) is 6.54 Å². The van der Waals surface area contributed by atoms with Crippen LogP contribution in [0.15, 0.2) is 48.7 Å². The van der Waals surface area contributed by atoms with Crippen molar-refractivity contribution >= 4 is 11.6 Å². The van der Waals surface area contributed by atoms with Gasteiger partial charge < -0.3 is 5.11 Å². The lowest BCUT2D eigenvalue weighted by Crippen LogP contribution is -2.39. The third-order valence-corrected chi connectivity index (χ3v) is 5.71. The maximum atomic E-state index is 10.8. The largest absolute Gasteiger partial charge is 0.387 e. The van der Waals surface area contributed by atoms with Crippen LogP contribution in [0, 0.1) is 0 Å². The third kappa shape index (κ3) is 4.98. The van der Waals surface area contributed by atoms with E-state index < -0.39 is 6.10 Å². The number of rotatable bonds is 7. The number of halogens is 1. The number of aliphatic hydroxyl groups is 1. The molecule has 1 atom stereocenters. The summed E-state index contributed by atoms with van der Waals surface area (Å²) in [4.78, 5) is 6.64. The predicted octanol–water partition coefficient (Wildman–Crippen LogP) is 3.58. The SMILES string of the molecule is OC(CN(Cc1nnnn1-c1ccc(Cl)cn1)C1CCCCC1)c1ccccc1. The van der Waals surface area contributed by atoms with Crippen molar-refractivity contribution in [3.8, 4) is 5.82 Å². The van der Waals surface area contributed by atoms with Crippen molar-refractivity contribution in [2.24, 2.45) is 0 Å². The number of benzene rings is 1. The highest BCUT2D eigenvalue weighted by atomic mass is 35.5. The number of pyridine rings is 1. The van der Waals surface area contributed by atoms with Crippen molar-refractivity contribution in [1.82, 2.24) is 30.1 Å². The van der Waals surface area contributed by atoms with Crippen LogP contribution in [0.5, 0.6) is 0 Å². The van der Waals surface area contributed by atoms with Gasteiger partial charge >= 0.3 is 0 Å². The molecule has 8 heteroatoms. The van der Waals surface area contributed by atoms with Crippen molar-refractivity contribution in [3.05, 3.63) is 65.1 Å². The maximum absolute atomic E-state index is 10.8. The zero-order valence-electron chi connectivity index (χ0n) is 16.2. The van der Waals surface area contributed by atoms with Crippen LogP contribution >= 0.6 is 11.6 Å². The predicted molar refractivity (Wildman–Crippen MR) is 111 cm³/mol. The fourth-order valence-electron chi connectivity index (χ4n) is 3.95. The molecular formula is C21H25ClN6O. The quantitative estimate of drug-likeness (QED) is 0.638. The second-order valence-electron chi connectivity index (χ2n) is 7.49. The second-order valence-corrected chi connectivity index (χ2v) is 7.93. The lowest BCUT2D eigenvalue weighted by atomic mass is 9.93. The standard InChI is InChI=1S/C21H25ClN6O/c22-17-11-12-20(23-13-17)28-21(24-25-26-28)15-27(18-9-5-2-6-10-18)14-19(29)16-7-3-1-4-8-16/h1,3-4,7-8,11-13,18-19,29H,2,5-6,9-10,14-15H2. The molecule has 1 saturated carbocycles. The normalized spacial score (nSPS) is 16.2. The van der Waals surface area contributed by atoms with Gasteiger partial charge in [0.05, 0.1) is 17.7 Å². The van der Waals surface area contributed by atoms with E-state index in [9.17, 15) is 5.11 Å². The summed E-state index contributed by atoms with van der Waals surface area (Å²) in [6.45, 7) is 1.08. The topological polar surface area (TPSA) is 80.0 Å². The zero-order valence-corrected chi connectivity index (χ0v) is 17.0. The number of hydrogen-bond donors (Lipinski definition) is 1. The minimum atomic E-state index is -0.559. The monoisotopic (exact) mass is 412 g/mol. The summed E-state index contributed by atoms with van der Waals surface area (Å²) in [6.07, 6.45) is 6.98. The highest BCUT2D eigenvalue weighted by Crippen LogP contribution is 2.26. The van der Waals surface area contributed by atoms with E-state index in [-0.39, 0.29) is 0 Å². The van der Waals surface area contributed by atoms with E-state index in [0.29, 0.717) is 35.8 Å². The summed E-state index contributed by atoms with van der Waals surface area (Å²) < 4.78 is 1.64. The summed E-state index contributed by atoms with van der Waals surface area (Å²) in [7, 11) is 0. The summed E-state index contributed by atoms with van der Waals surface area (Å²) in [6, 6.07) is 13.8. The molecule has 29 heavy (non-hydrogen) atoms. The van der Waals surface area contributed by atoms with Crippen LogP contribution in [0.1, 0.15) is 49.6 Å². The highest BCUT2D eigenvalue weighted by Gasteiger charge is 2.26. The Morgan fingerprint density at radius 1 is 1.10 bits per heavy atom. The smallest absolute Gasteiger partial charge is 0.172 e. The number of hydrogen-bond acceptors (Lipinski definition) is 6. The van der Waals surface area contributed by atoms with Crippen molar-refractivity contribution in [1.29, 1.82) is 0 Å². The van der Waals surface area contributed by atoms with E-state index >= 15 is 0 Å². The minimum absolute atomic E-state index is 0.408. The zero-order chi connectivity index (χ0) is 20.1. The number of nitrogens with zero attached hydrogens (tertiary/aromatic N) is 6. The molecular weight excluding hydrogens is 388 g/mol. The molecule has 1 unspecified atom stereocenters. The molecule has 0 radical (unpaired) electrons. The van der Waals surface area contributed by atoms with E-state index in [1.807, 2.05) is 30.3 Å². The van der Waals surface area contributed by atoms with E-state index in [4.69, 9.17) is 11.6 Å². The molecule has 0 amide bonds. The van der Waals surface area contributed by atoms with Gasteiger partial charge in [0.25, 0.3) is 0 Å². The molecule has 2 aromatic heterocycles. The van der Waals surface area contributed by atoms with Crippen LogP contribution in [0.3, 0.4) is 0 Å². The van der Waals surface area contributed by atoms with Crippen LogP contribution in [-0.4, -0.2) is 47.8 Å². The molecule has 0 saturated heterocycles. The summed E-state index contributed by atoms with van der Waals surface area (Å²) in [5.74, 6) is 1.33. The molecule has 1 fully saturated rings. The number of aliphatic hydroxyl groups excluding tert-OH is 1. The second kappa shape index (κ2) is 9.43. The molecule has 1 aromatic carbocycles. The van der Waals surface area contributed by atoms with Gasteiger partial charge in [-0.1, -0.05) is 61.2 Å². The van der Waals surface area contributed by atoms with E-state index in [1.165, 1.54) is 19.3 Å². The molecule has 152 valence electrons. The molecule has 0 bridgehead atoms. The average molecular weight is 413 g/mol. The molecule has 2 heterocycles. The van der Waals surface area contributed by atoms with Gasteiger partial charge in [0.2, 0.25) is 0 Å². The summed E-state index contributed by atoms with van der Waals surface area (Å²) in [5, 5.41) is 23.6. The summed E-state index contributed by atoms with van der Waals surface area (Å²) in [5.41, 5.74) is 0.923. The first-order chi connectivity index (χ1) is 14.2. The molecule has 3 aromatic rings. The fourth-order valence-corrected chi connectivity index (χ4v) is 4.06. The number of aromatic nitrogens is 5. The fraction of sp³-hybridized carbons (Fsp3) is 0.429. The van der Waals surface area contributed by atoms with Crippen molar-refractivity contribution < 1.29 is 5.11 Å². The molecule has 1 aliphatic rings. The first kappa shape index (κ1) is 19.9. The third-order valence-electron chi connectivity index (χ3n) is 5.49. The van der Waals surface area contributed by atoms with Crippen molar-refractivity contribution in [3.63, 3.8) is 0 Å². The van der Waals surface area contributed by atoms with Crippen molar-refractivity contribution in [2.75, 3.05) is 6.54 Å². The van der Waals surface area contributed by atoms with Crippen LogP contribution in [0.4, 0.5) is 0 Å². The van der Waals surface area contributed by atoms with Crippen LogP contribution in [0.2, 0.25) is 5.02 Å². The van der Waals surface area contributed by atoms with Crippen LogP contribution in [0.25, 0.3) is 5.82 Å². The van der Waals surface area contributed by atoms with E-state index in [0.717, 1.165) is 18.4 Å². The molecule has 1 N–H and O–H groups in total. The Kier molecular flexibility index (Phi) is 6.49. The van der Waals surface area contributed by atoms with Gasteiger partial charge in [0.15, 0.2) is 11.6 Å². The van der Waals surface area contributed by atoms with Gasteiger partial charge in [-0.2, -0.15) is 4.68 Å². The van der Waals surface area contributed by atoms with Crippen LogP contribution < -0.4 is 0 Å². The first-order valence-electron chi connectivity index (χ1n) is 10.1. The van der Waals surface area contributed by atoms with Gasteiger partial charge in [0.1, 0.15) is 0 Å². The van der Waals surface area contributed by atoms with Crippen molar-refractivity contribution in [2.45, 2.75) is 50.8 Å². The lowest BCUT2D eigenvalue weighted by molar-refractivity contribution is 0.0651. The first-order valence-corrected chi connectivity index (χ1v) is 10.4. The lowest BCUT2D eigenvalue weighted by Gasteiger charge is -2.35. The Morgan fingerprint density at radius 3 is 2.62 bits per heavy atom. The highest BCUT2D eigenvalue weighted by molar-refractivity contribution is 6.30. The van der Waals surface area contributed by atoms with Gasteiger partial charge in [0, 0.05) is 18.8 Å². The van der Waals surface area contributed by atoms with E-state index in [2.05, 4.69) is 25.4 Å². The number of tetrazole rings is 1. The summed E-state index contributed by atoms with van der Waals surface area (Å²) >= 11 is 5.95. The minimum Gasteiger partial charge on any atom is -0.387 e. The van der Waals surface area contributed by atoms with Gasteiger partial charge in [-0.15, -0.1) is 5.10 Å². The molecule has 4 rings (SSSR count). The Morgan fingerprint density at radius 2 is 1.90 bits per heavy atom. The van der Waals surface area contributed by atoms with Gasteiger partial charge in [-0.25, -0.2) is 4.98 Å². The molecule has 0 aliphatic heterocycles. The Balaban J connectivity index is 1.56. The Labute approximate surface area is 175 Å². The van der Waals surface area contributed by atoms with Gasteiger partial charge in [-0.3, -0.25) is 4.90 Å². The molecule has 7 nitrogen and oxygen atoms in total. The average Bonchev–Trinajstić information content (AvgIpc) is 3.23. The van der Waals surface area contributed by atoms with E-state index in [1.54, 1.807) is 23.0 Å². The Hall–Kier alpha value is -2.35. The molecule has 0 spiro atoms.